The molecule has 9 heteroatoms. The number of benzene rings is 3. The summed E-state index contributed by atoms with van der Waals surface area (Å²) in [4.78, 5) is 27.9. The lowest BCUT2D eigenvalue weighted by Gasteiger charge is -2.31. The first-order chi connectivity index (χ1) is 18.6. The van der Waals surface area contributed by atoms with Gasteiger partial charge in [0, 0.05) is 13.1 Å². The Morgan fingerprint density at radius 2 is 1.62 bits per heavy atom. The lowest BCUT2D eigenvalue weighted by Crippen LogP contribution is -2.51. The number of hydrogen-bond donors (Lipinski definition) is 1. The number of ether oxygens (including phenoxy) is 1. The second-order valence-electron chi connectivity index (χ2n) is 9.52. The van der Waals surface area contributed by atoms with Crippen LogP contribution in [0.3, 0.4) is 0 Å². The lowest BCUT2D eigenvalue weighted by molar-refractivity contribution is -0.139. The smallest absolute Gasteiger partial charge is 0.244 e. The Hall–Kier alpha value is -3.85. The highest BCUT2D eigenvalue weighted by atomic mass is 32.2. The van der Waals surface area contributed by atoms with E-state index in [9.17, 15) is 18.0 Å². The quantitative estimate of drug-likeness (QED) is 0.342. The Bertz CT molecular complexity index is 1340. The zero-order valence-corrected chi connectivity index (χ0v) is 23.8. The van der Waals surface area contributed by atoms with Crippen LogP contribution >= 0.6 is 0 Å². The van der Waals surface area contributed by atoms with Gasteiger partial charge in [0.05, 0.1) is 11.9 Å². The van der Waals surface area contributed by atoms with E-state index in [1.165, 1.54) is 4.90 Å². The molecule has 0 saturated carbocycles. The van der Waals surface area contributed by atoms with Crippen molar-refractivity contribution in [3.05, 3.63) is 95.6 Å². The Morgan fingerprint density at radius 3 is 2.23 bits per heavy atom. The molecule has 39 heavy (non-hydrogen) atoms. The fraction of sp³-hybridized carbons (Fsp3) is 0.333. The van der Waals surface area contributed by atoms with E-state index in [0.29, 0.717) is 24.6 Å². The molecule has 3 rings (SSSR count). The highest BCUT2D eigenvalue weighted by molar-refractivity contribution is 7.92. The number of hydrogen-bond acceptors (Lipinski definition) is 5. The van der Waals surface area contributed by atoms with Crippen LogP contribution in [0.5, 0.6) is 5.75 Å². The van der Waals surface area contributed by atoms with E-state index < -0.39 is 28.5 Å². The molecule has 3 aromatic rings. The van der Waals surface area contributed by atoms with Gasteiger partial charge in [-0.25, -0.2) is 8.42 Å². The van der Waals surface area contributed by atoms with Crippen molar-refractivity contribution in [3.8, 4) is 5.75 Å². The normalized spacial score (nSPS) is 11.9. The molecule has 1 atom stereocenters. The number of sulfonamides is 1. The predicted octanol–water partition coefficient (Wildman–Crippen LogP) is 4.28. The van der Waals surface area contributed by atoms with Crippen LogP contribution in [0.15, 0.2) is 78.9 Å². The molecule has 0 aromatic heterocycles. The monoisotopic (exact) mass is 551 g/mol. The summed E-state index contributed by atoms with van der Waals surface area (Å²) in [6.07, 6.45) is 1.82. The van der Waals surface area contributed by atoms with Crippen molar-refractivity contribution < 1.29 is 22.7 Å². The van der Waals surface area contributed by atoms with Crippen molar-refractivity contribution in [2.75, 3.05) is 23.7 Å². The first kappa shape index (κ1) is 29.7. The number of anilines is 1. The van der Waals surface area contributed by atoms with E-state index >= 15 is 0 Å². The van der Waals surface area contributed by atoms with Gasteiger partial charge < -0.3 is 15.0 Å². The standard InChI is InChI=1S/C30H37N3O5S/c1-5-18-31-30(35)24(3)32(20-26-13-9-10-23(2)19-26)29(34)21-33(39(4,36)37)27-14-16-28(17-15-27)38-22-25-11-7-6-8-12-25/h6-17,19,24H,5,18,20-22H2,1-4H3,(H,31,35). The molecule has 0 saturated heterocycles. The summed E-state index contributed by atoms with van der Waals surface area (Å²) >= 11 is 0. The van der Waals surface area contributed by atoms with Crippen LogP contribution in [0.25, 0.3) is 0 Å². The first-order valence-corrected chi connectivity index (χ1v) is 14.8. The molecule has 0 spiro atoms. The van der Waals surface area contributed by atoms with Crippen molar-refractivity contribution in [2.45, 2.75) is 46.4 Å². The molecule has 0 heterocycles. The maximum atomic E-state index is 13.6. The molecule has 0 fully saturated rings. The van der Waals surface area contributed by atoms with Crippen LogP contribution in [0, 0.1) is 6.92 Å². The molecule has 0 radical (unpaired) electrons. The predicted molar refractivity (Wildman–Crippen MR) is 154 cm³/mol. The van der Waals surface area contributed by atoms with Crippen LogP contribution in [0.2, 0.25) is 0 Å². The lowest BCUT2D eigenvalue weighted by atomic mass is 10.1. The van der Waals surface area contributed by atoms with Crippen LogP contribution in [0.4, 0.5) is 5.69 Å². The van der Waals surface area contributed by atoms with Gasteiger partial charge >= 0.3 is 0 Å². The van der Waals surface area contributed by atoms with E-state index in [1.807, 2.05) is 68.4 Å². The van der Waals surface area contributed by atoms with Crippen molar-refractivity contribution in [3.63, 3.8) is 0 Å². The van der Waals surface area contributed by atoms with Gasteiger partial charge in [0.1, 0.15) is 24.9 Å². The van der Waals surface area contributed by atoms with E-state index in [1.54, 1.807) is 31.2 Å². The molecular formula is C30H37N3O5S. The topological polar surface area (TPSA) is 96.0 Å². The Kier molecular flexibility index (Phi) is 10.5. The third-order valence-corrected chi connectivity index (χ3v) is 7.34. The maximum Gasteiger partial charge on any atom is 0.244 e. The average Bonchev–Trinajstić information content (AvgIpc) is 2.92. The fourth-order valence-corrected chi connectivity index (χ4v) is 4.90. The first-order valence-electron chi connectivity index (χ1n) is 13.0. The summed E-state index contributed by atoms with van der Waals surface area (Å²) in [6, 6.07) is 23.1. The minimum Gasteiger partial charge on any atom is -0.489 e. The minimum atomic E-state index is -3.81. The van der Waals surface area contributed by atoms with Gasteiger partial charge in [-0.1, -0.05) is 67.1 Å². The Balaban J connectivity index is 1.81. The van der Waals surface area contributed by atoms with E-state index in [2.05, 4.69) is 5.32 Å². The summed E-state index contributed by atoms with van der Waals surface area (Å²) in [5.74, 6) is -0.196. The minimum absolute atomic E-state index is 0.172. The van der Waals surface area contributed by atoms with Gasteiger partial charge in [0.15, 0.2) is 0 Å². The number of rotatable bonds is 13. The molecule has 1 N–H and O–H groups in total. The highest BCUT2D eigenvalue weighted by Crippen LogP contribution is 2.23. The summed E-state index contributed by atoms with van der Waals surface area (Å²) in [5.41, 5.74) is 3.21. The second-order valence-corrected chi connectivity index (χ2v) is 11.4. The van der Waals surface area contributed by atoms with Gasteiger partial charge in [0.2, 0.25) is 21.8 Å². The van der Waals surface area contributed by atoms with Gasteiger partial charge in [0.25, 0.3) is 0 Å². The Labute approximate surface area is 231 Å². The number of nitrogens with one attached hydrogen (secondary N) is 1. The number of carbonyl (C=O) groups excluding carboxylic acids is 2. The highest BCUT2D eigenvalue weighted by Gasteiger charge is 2.30. The van der Waals surface area contributed by atoms with Crippen LogP contribution in [-0.2, 0) is 32.8 Å². The van der Waals surface area contributed by atoms with Gasteiger partial charge in [-0.05, 0) is 55.7 Å². The molecule has 208 valence electrons. The van der Waals surface area contributed by atoms with Crippen molar-refractivity contribution in [1.29, 1.82) is 0 Å². The van der Waals surface area contributed by atoms with Gasteiger partial charge in [-0.2, -0.15) is 0 Å². The van der Waals surface area contributed by atoms with E-state index in [0.717, 1.165) is 33.7 Å². The molecule has 1 unspecified atom stereocenters. The molecule has 2 amide bonds. The number of amides is 2. The number of aryl methyl sites for hydroxylation is 1. The van der Waals surface area contributed by atoms with Crippen molar-refractivity contribution >= 4 is 27.5 Å². The molecular weight excluding hydrogens is 514 g/mol. The summed E-state index contributed by atoms with van der Waals surface area (Å²) in [5, 5.41) is 2.83. The molecule has 0 aliphatic heterocycles. The molecule has 0 bridgehead atoms. The van der Waals surface area contributed by atoms with E-state index in [4.69, 9.17) is 4.74 Å². The largest absolute Gasteiger partial charge is 0.489 e. The van der Waals surface area contributed by atoms with Crippen molar-refractivity contribution in [1.82, 2.24) is 10.2 Å². The van der Waals surface area contributed by atoms with Crippen molar-refractivity contribution in [2.24, 2.45) is 0 Å². The van der Waals surface area contributed by atoms with Gasteiger partial charge in [-0.15, -0.1) is 0 Å². The third-order valence-electron chi connectivity index (χ3n) is 6.20. The van der Waals surface area contributed by atoms with Crippen LogP contribution in [-0.4, -0.2) is 50.5 Å². The average molecular weight is 552 g/mol. The Morgan fingerprint density at radius 1 is 0.949 bits per heavy atom. The zero-order valence-electron chi connectivity index (χ0n) is 23.0. The number of nitrogens with zero attached hydrogens (tertiary/aromatic N) is 2. The zero-order chi connectivity index (χ0) is 28.4. The van der Waals surface area contributed by atoms with Crippen LogP contribution in [0.1, 0.15) is 37.0 Å². The van der Waals surface area contributed by atoms with E-state index in [-0.39, 0.29) is 12.5 Å². The molecule has 0 aliphatic rings. The van der Waals surface area contributed by atoms with Gasteiger partial charge in [-0.3, -0.25) is 13.9 Å². The second kappa shape index (κ2) is 13.8. The summed E-state index contributed by atoms with van der Waals surface area (Å²) < 4.78 is 32.4. The summed E-state index contributed by atoms with van der Waals surface area (Å²) in [6.45, 7) is 6.14. The third kappa shape index (κ3) is 8.85. The maximum absolute atomic E-state index is 13.6. The van der Waals surface area contributed by atoms with Crippen LogP contribution < -0.4 is 14.4 Å². The molecule has 8 nitrogen and oxygen atoms in total. The molecule has 3 aromatic carbocycles. The number of carbonyl (C=O) groups is 2. The fourth-order valence-electron chi connectivity index (χ4n) is 4.05. The SMILES string of the molecule is CCCNC(=O)C(C)N(Cc1cccc(C)c1)C(=O)CN(c1ccc(OCc2ccccc2)cc1)S(C)(=O)=O. The summed E-state index contributed by atoms with van der Waals surface area (Å²) in [7, 11) is -3.81. The molecule has 0 aliphatic carbocycles.